The molecule has 5 atom stereocenters. The Bertz CT molecular complexity index is 1920. The van der Waals surface area contributed by atoms with E-state index in [-0.39, 0.29) is 25.7 Å². The van der Waals surface area contributed by atoms with Crippen molar-refractivity contribution in [3.05, 3.63) is 0 Å². The van der Waals surface area contributed by atoms with E-state index in [9.17, 15) is 43.2 Å². The number of aliphatic hydroxyl groups excluding tert-OH is 1. The monoisotopic (exact) mass is 1470 g/mol. The Morgan fingerprint density at radius 1 is 0.270 bits per heavy atom. The van der Waals surface area contributed by atoms with Crippen LogP contribution in [0, 0.1) is 11.8 Å². The van der Waals surface area contributed by atoms with Crippen molar-refractivity contribution >= 4 is 39.5 Å². The number of phosphoric acid groups is 2. The van der Waals surface area contributed by atoms with Gasteiger partial charge < -0.3 is 33.8 Å². The van der Waals surface area contributed by atoms with Crippen LogP contribution in [0.15, 0.2) is 0 Å². The average Bonchev–Trinajstić information content (AvgIpc) is 0.968. The first-order valence-corrected chi connectivity index (χ1v) is 45.0. The molecule has 0 amide bonds. The predicted octanol–water partition coefficient (Wildman–Crippen LogP) is 24.3. The fourth-order valence-corrected chi connectivity index (χ4v) is 14.1. The lowest BCUT2D eigenvalue weighted by Crippen LogP contribution is -2.30. The van der Waals surface area contributed by atoms with Crippen LogP contribution in [-0.2, 0) is 65.4 Å². The molecule has 100 heavy (non-hydrogen) atoms. The number of unbranched alkanes of at least 4 members (excludes halogenated alkanes) is 50. The van der Waals surface area contributed by atoms with Crippen molar-refractivity contribution < 1.29 is 80.2 Å². The standard InChI is InChI=1S/C81H158O17P2/c1-7-9-11-13-15-17-18-19-20-21-22-23-24-29-32-35-41-47-53-59-65-80(85)98-77(70-92-79(84)64-58-52-46-40-34-31-28-26-25-27-30-33-38-43-49-55-61-73(3)4)72-96-100(89,90)94-68-75(82)67-93-99(87,88)95-71-76(69-91-78(83)63-57-51-45-16-14-12-10-8-2)97-81(86)66-60-54-48-42-37-36-39-44-50-56-62-74(5)6/h73-77,82H,7-72H2,1-6H3,(H,87,88)(H,89,90)/t75-,76+,77+/m0/s1. The molecule has 19 heteroatoms. The van der Waals surface area contributed by atoms with Gasteiger partial charge in [0.25, 0.3) is 0 Å². The smallest absolute Gasteiger partial charge is 0.462 e. The summed E-state index contributed by atoms with van der Waals surface area (Å²) in [6.45, 7) is 9.62. The van der Waals surface area contributed by atoms with Crippen molar-refractivity contribution in [1.82, 2.24) is 0 Å². The Morgan fingerprint density at radius 3 is 0.680 bits per heavy atom. The van der Waals surface area contributed by atoms with Crippen LogP contribution in [-0.4, -0.2) is 96.7 Å². The quantitative estimate of drug-likeness (QED) is 0.0222. The van der Waals surface area contributed by atoms with E-state index in [2.05, 4.69) is 41.5 Å². The minimum absolute atomic E-state index is 0.106. The third kappa shape index (κ3) is 74.3. The largest absolute Gasteiger partial charge is 0.472 e. The van der Waals surface area contributed by atoms with E-state index in [1.807, 2.05) is 0 Å². The van der Waals surface area contributed by atoms with Crippen molar-refractivity contribution in [2.24, 2.45) is 11.8 Å². The molecule has 0 aliphatic heterocycles. The lowest BCUT2D eigenvalue weighted by Gasteiger charge is -2.21. The molecular formula is C81H158O17P2. The van der Waals surface area contributed by atoms with Gasteiger partial charge in [-0.2, -0.15) is 0 Å². The van der Waals surface area contributed by atoms with Crippen LogP contribution in [0.25, 0.3) is 0 Å². The number of phosphoric ester groups is 2. The summed E-state index contributed by atoms with van der Waals surface area (Å²) in [5.74, 6) is -0.547. The summed E-state index contributed by atoms with van der Waals surface area (Å²) in [6.07, 6.45) is 62.6. The molecule has 0 saturated carbocycles. The van der Waals surface area contributed by atoms with Gasteiger partial charge in [-0.1, -0.05) is 375 Å². The number of rotatable bonds is 80. The van der Waals surface area contributed by atoms with Crippen LogP contribution in [0.4, 0.5) is 0 Å². The minimum atomic E-state index is -4.96. The third-order valence-corrected chi connectivity index (χ3v) is 20.9. The number of carbonyl (C=O) groups is 4. The van der Waals surface area contributed by atoms with Crippen LogP contribution < -0.4 is 0 Å². The summed E-state index contributed by atoms with van der Waals surface area (Å²) in [5.41, 5.74) is 0. The molecule has 0 heterocycles. The van der Waals surface area contributed by atoms with Gasteiger partial charge in [-0.05, 0) is 37.5 Å². The number of hydrogen-bond acceptors (Lipinski definition) is 15. The fourth-order valence-electron chi connectivity index (χ4n) is 12.5. The molecule has 0 rings (SSSR count). The van der Waals surface area contributed by atoms with Gasteiger partial charge in [0.05, 0.1) is 26.4 Å². The molecule has 0 aromatic heterocycles. The number of hydrogen-bond donors (Lipinski definition) is 3. The molecule has 594 valence electrons. The van der Waals surface area contributed by atoms with Crippen LogP contribution in [0.1, 0.15) is 427 Å². The lowest BCUT2D eigenvalue weighted by molar-refractivity contribution is -0.161. The second kappa shape index (κ2) is 72.6. The second-order valence-electron chi connectivity index (χ2n) is 30.1. The van der Waals surface area contributed by atoms with Gasteiger partial charge in [-0.15, -0.1) is 0 Å². The van der Waals surface area contributed by atoms with E-state index in [0.29, 0.717) is 25.7 Å². The van der Waals surface area contributed by atoms with Gasteiger partial charge >= 0.3 is 39.5 Å². The van der Waals surface area contributed by atoms with Crippen LogP contribution in [0.2, 0.25) is 0 Å². The summed E-state index contributed by atoms with van der Waals surface area (Å²) in [4.78, 5) is 72.9. The molecule has 0 fully saturated rings. The topological polar surface area (TPSA) is 237 Å². The number of aliphatic hydroxyl groups is 1. The van der Waals surface area contributed by atoms with E-state index in [1.54, 1.807) is 0 Å². The Kier molecular flexibility index (Phi) is 71.2. The average molecular weight is 1470 g/mol. The summed E-state index contributed by atoms with van der Waals surface area (Å²) >= 11 is 0. The number of ether oxygens (including phenoxy) is 4. The first-order chi connectivity index (χ1) is 48.4. The number of carbonyl (C=O) groups excluding carboxylic acids is 4. The maximum absolute atomic E-state index is 13.1. The minimum Gasteiger partial charge on any atom is -0.462 e. The van der Waals surface area contributed by atoms with Crippen LogP contribution in [0.5, 0.6) is 0 Å². The molecular weight excluding hydrogens is 1310 g/mol. The zero-order chi connectivity index (χ0) is 73.5. The molecule has 2 unspecified atom stereocenters. The normalized spacial score (nSPS) is 13.9. The zero-order valence-corrected chi connectivity index (χ0v) is 67.3. The molecule has 0 radical (unpaired) electrons. The second-order valence-corrected chi connectivity index (χ2v) is 33.0. The third-order valence-electron chi connectivity index (χ3n) is 19.0. The van der Waals surface area contributed by atoms with Gasteiger partial charge in [-0.3, -0.25) is 37.3 Å². The van der Waals surface area contributed by atoms with Crippen molar-refractivity contribution in [1.29, 1.82) is 0 Å². The van der Waals surface area contributed by atoms with E-state index in [0.717, 1.165) is 108 Å². The van der Waals surface area contributed by atoms with Crippen molar-refractivity contribution in [3.63, 3.8) is 0 Å². The Labute approximate surface area is 613 Å². The summed E-state index contributed by atoms with van der Waals surface area (Å²) in [5, 5.41) is 10.6. The van der Waals surface area contributed by atoms with Crippen LogP contribution in [0.3, 0.4) is 0 Å². The molecule has 17 nitrogen and oxygen atoms in total. The Hall–Kier alpha value is -1.94. The predicted molar refractivity (Wildman–Crippen MR) is 409 cm³/mol. The van der Waals surface area contributed by atoms with Gasteiger partial charge in [0.2, 0.25) is 0 Å². The zero-order valence-electron chi connectivity index (χ0n) is 65.5. The van der Waals surface area contributed by atoms with E-state index >= 15 is 0 Å². The van der Waals surface area contributed by atoms with Gasteiger partial charge in [-0.25, -0.2) is 9.13 Å². The molecule has 0 aromatic carbocycles. The SMILES string of the molecule is CCCCCCCCCCCCCCCCCCCCCCC(=O)O[C@H](COC(=O)CCCCCCCCCCCCCCCCCCC(C)C)COP(=O)(O)OC[C@@H](O)COP(=O)(O)OC[C@@H](COC(=O)CCCCCCCCCC)OC(=O)CCCCCCCCCCCCC(C)C. The Balaban J connectivity index is 5.19. The highest BCUT2D eigenvalue weighted by molar-refractivity contribution is 7.47. The molecule has 0 saturated heterocycles. The maximum atomic E-state index is 13.1. The fraction of sp³-hybridized carbons (Fsp3) is 0.951. The molecule has 0 aromatic rings. The van der Waals surface area contributed by atoms with Crippen molar-refractivity contribution in [2.75, 3.05) is 39.6 Å². The Morgan fingerprint density at radius 2 is 0.460 bits per heavy atom. The molecule has 0 bridgehead atoms. The maximum Gasteiger partial charge on any atom is 0.472 e. The van der Waals surface area contributed by atoms with Gasteiger partial charge in [0.15, 0.2) is 12.2 Å². The first kappa shape index (κ1) is 98.1. The molecule has 0 aliphatic rings. The number of esters is 4. The molecule has 0 aliphatic carbocycles. The van der Waals surface area contributed by atoms with E-state index in [1.165, 1.54) is 238 Å². The van der Waals surface area contributed by atoms with E-state index < -0.39 is 97.5 Å². The highest BCUT2D eigenvalue weighted by Crippen LogP contribution is 2.45. The first-order valence-electron chi connectivity index (χ1n) is 42.0. The summed E-state index contributed by atoms with van der Waals surface area (Å²) < 4.78 is 68.6. The van der Waals surface area contributed by atoms with E-state index in [4.69, 9.17) is 37.0 Å². The lowest BCUT2D eigenvalue weighted by atomic mass is 10.0. The summed E-state index contributed by atoms with van der Waals surface area (Å²) in [6, 6.07) is 0. The summed E-state index contributed by atoms with van der Waals surface area (Å²) in [7, 11) is -9.91. The highest BCUT2D eigenvalue weighted by Gasteiger charge is 2.30. The van der Waals surface area contributed by atoms with Crippen molar-refractivity contribution in [2.45, 2.75) is 445 Å². The molecule has 0 spiro atoms. The van der Waals surface area contributed by atoms with Crippen LogP contribution >= 0.6 is 15.6 Å². The van der Waals surface area contributed by atoms with Gasteiger partial charge in [0, 0.05) is 25.7 Å². The van der Waals surface area contributed by atoms with Crippen molar-refractivity contribution in [3.8, 4) is 0 Å². The highest BCUT2D eigenvalue weighted by atomic mass is 31.2. The molecule has 3 N–H and O–H groups in total. The van der Waals surface area contributed by atoms with Gasteiger partial charge in [0.1, 0.15) is 19.3 Å².